The Morgan fingerprint density at radius 1 is 1.21 bits per heavy atom. The molecule has 0 fully saturated rings. The fourth-order valence-electron chi connectivity index (χ4n) is 3.10. The van der Waals surface area contributed by atoms with Gasteiger partial charge < -0.3 is 14.1 Å². The van der Waals surface area contributed by atoms with Crippen molar-refractivity contribution in [2.75, 3.05) is 14.1 Å². The molecular weight excluding hydrogens is 444 g/mol. The quantitative estimate of drug-likeness (QED) is 0.222. The largest absolute Gasteiger partial charge is 0.487 e. The molecule has 0 unspecified atom stereocenters. The molecule has 2 heterocycles. The molecule has 0 spiro atoms. The molecule has 2 aromatic carbocycles. The van der Waals surface area contributed by atoms with Crippen LogP contribution in [0.15, 0.2) is 76.2 Å². The molecule has 0 bridgehead atoms. The predicted octanol–water partition coefficient (Wildman–Crippen LogP) is 3.92. The number of carbonyl (C=O) groups excluding carboxylic acids is 1. The normalized spacial score (nSPS) is 11.2. The van der Waals surface area contributed by atoms with E-state index in [2.05, 4.69) is 10.3 Å². The van der Waals surface area contributed by atoms with Gasteiger partial charge in [-0.05, 0) is 29.8 Å². The summed E-state index contributed by atoms with van der Waals surface area (Å²) in [7, 11) is 3.57. The van der Waals surface area contributed by atoms with E-state index in [0.29, 0.717) is 34.0 Å². The summed E-state index contributed by atoms with van der Waals surface area (Å²) in [6.45, 7) is 0.683. The van der Waals surface area contributed by atoms with Crippen LogP contribution >= 0.6 is 11.6 Å². The number of nitrogens with zero attached hydrogens (tertiary/aromatic N) is 4. The molecule has 0 aliphatic carbocycles. The molecule has 0 atom stereocenters. The number of carbonyl (C=O) groups is 1. The van der Waals surface area contributed by atoms with Crippen LogP contribution < -0.4 is 10.4 Å². The van der Waals surface area contributed by atoms with Crippen LogP contribution in [0.3, 0.4) is 0 Å². The molecule has 8 nitrogen and oxygen atoms in total. The molecule has 33 heavy (non-hydrogen) atoms. The topological polar surface area (TPSA) is 90.5 Å². The van der Waals surface area contributed by atoms with Crippen LogP contribution in [0.25, 0.3) is 11.0 Å². The van der Waals surface area contributed by atoms with Crippen molar-refractivity contribution in [3.05, 3.63) is 99.3 Å². The van der Waals surface area contributed by atoms with Crippen LogP contribution in [0.5, 0.6) is 5.75 Å². The zero-order chi connectivity index (χ0) is 23.4. The minimum atomic E-state index is -0.699. The van der Waals surface area contributed by atoms with Gasteiger partial charge in [-0.1, -0.05) is 35.0 Å². The number of ketones is 1. The van der Waals surface area contributed by atoms with Crippen molar-refractivity contribution < 1.29 is 13.9 Å². The Balaban J connectivity index is 1.45. The highest BCUT2D eigenvalue weighted by Gasteiger charge is 2.12. The van der Waals surface area contributed by atoms with Gasteiger partial charge in [0.25, 0.3) is 0 Å². The third kappa shape index (κ3) is 5.48. The third-order valence-electron chi connectivity index (χ3n) is 4.76. The minimum absolute atomic E-state index is 0.0237. The van der Waals surface area contributed by atoms with Crippen molar-refractivity contribution in [3.8, 4) is 5.75 Å². The van der Waals surface area contributed by atoms with Crippen molar-refractivity contribution in [2.24, 2.45) is 0 Å². The van der Waals surface area contributed by atoms with Gasteiger partial charge >= 0.3 is 5.63 Å². The molecule has 2 aromatic heterocycles. The summed E-state index contributed by atoms with van der Waals surface area (Å²) in [6.07, 6.45) is 4.69. The van der Waals surface area contributed by atoms with Gasteiger partial charge in [-0.15, -0.1) is 5.10 Å². The van der Waals surface area contributed by atoms with Gasteiger partial charge in [0, 0.05) is 42.8 Å². The molecule has 0 aliphatic heterocycles. The van der Waals surface area contributed by atoms with Crippen molar-refractivity contribution >= 4 is 28.4 Å². The number of hydrogen-bond acceptors (Lipinski definition) is 7. The average Bonchev–Trinajstić information content (AvgIpc) is 3.24. The van der Waals surface area contributed by atoms with Crippen LogP contribution in [0.4, 0.5) is 0 Å². The number of fused-ring (bicyclic) bond motifs is 1. The van der Waals surface area contributed by atoms with E-state index in [9.17, 15) is 9.59 Å². The molecule has 4 rings (SSSR count). The summed E-state index contributed by atoms with van der Waals surface area (Å²) < 4.78 is 12.8. The van der Waals surface area contributed by atoms with Crippen LogP contribution in [0.2, 0.25) is 5.02 Å². The number of allylic oxidation sites excluding steroid dienone is 1. The van der Waals surface area contributed by atoms with Gasteiger partial charge in [-0.2, -0.15) is 0 Å². The standard InChI is InChI=1S/C24H21ClN4O4/c1-28(2)10-9-22(30)20-11-16-7-8-19(12-23(16)33-24(20)31)32-15-18-14-29(27-26-18)13-17-5-3-4-6-21(17)25/h3-12,14H,13,15H2,1-2H3/b10-9+. The summed E-state index contributed by atoms with van der Waals surface area (Å²) in [5.74, 6) is 0.0810. The first kappa shape index (κ1) is 22.3. The first-order chi connectivity index (χ1) is 15.9. The van der Waals surface area contributed by atoms with Crippen LogP contribution in [0.1, 0.15) is 21.6 Å². The molecule has 0 aliphatic rings. The maximum atomic E-state index is 12.3. The average molecular weight is 465 g/mol. The van der Waals surface area contributed by atoms with Crippen molar-refractivity contribution in [3.63, 3.8) is 0 Å². The summed E-state index contributed by atoms with van der Waals surface area (Å²) in [6, 6.07) is 14.1. The Hall–Kier alpha value is -3.91. The maximum absolute atomic E-state index is 12.3. The summed E-state index contributed by atoms with van der Waals surface area (Å²) in [5, 5.41) is 9.51. The van der Waals surface area contributed by atoms with Crippen molar-refractivity contribution in [2.45, 2.75) is 13.2 Å². The fraction of sp³-hybridized carbons (Fsp3) is 0.167. The highest BCUT2D eigenvalue weighted by atomic mass is 35.5. The minimum Gasteiger partial charge on any atom is -0.487 e. The number of hydrogen-bond donors (Lipinski definition) is 0. The Labute approximate surface area is 194 Å². The first-order valence-corrected chi connectivity index (χ1v) is 10.5. The van der Waals surface area contributed by atoms with E-state index in [-0.39, 0.29) is 12.2 Å². The lowest BCUT2D eigenvalue weighted by molar-refractivity contribution is 0.104. The van der Waals surface area contributed by atoms with E-state index in [1.54, 1.807) is 54.3 Å². The monoisotopic (exact) mass is 464 g/mol. The number of aromatic nitrogens is 3. The van der Waals surface area contributed by atoms with Gasteiger partial charge in [-0.3, -0.25) is 4.79 Å². The number of rotatable bonds is 8. The molecule has 0 amide bonds. The van der Waals surface area contributed by atoms with E-state index in [1.165, 1.54) is 12.1 Å². The number of ether oxygens (including phenoxy) is 1. The highest BCUT2D eigenvalue weighted by Crippen LogP contribution is 2.22. The number of benzene rings is 2. The van der Waals surface area contributed by atoms with Gasteiger partial charge in [-0.25, -0.2) is 9.48 Å². The SMILES string of the molecule is CN(C)/C=C/C(=O)c1cc2ccc(OCc3cn(Cc4ccccc4Cl)nn3)cc2oc1=O. The van der Waals surface area contributed by atoms with Gasteiger partial charge in [0.15, 0.2) is 5.78 Å². The molecule has 4 aromatic rings. The predicted molar refractivity (Wildman–Crippen MR) is 125 cm³/mol. The smallest absolute Gasteiger partial charge is 0.347 e. The number of halogens is 1. The zero-order valence-electron chi connectivity index (χ0n) is 18.1. The van der Waals surface area contributed by atoms with Gasteiger partial charge in [0.1, 0.15) is 29.2 Å². The van der Waals surface area contributed by atoms with E-state index < -0.39 is 11.4 Å². The Morgan fingerprint density at radius 3 is 2.82 bits per heavy atom. The second-order valence-electron chi connectivity index (χ2n) is 7.58. The summed E-state index contributed by atoms with van der Waals surface area (Å²) in [5.41, 5.74) is 1.18. The maximum Gasteiger partial charge on any atom is 0.347 e. The summed E-state index contributed by atoms with van der Waals surface area (Å²) >= 11 is 6.19. The van der Waals surface area contributed by atoms with E-state index in [4.69, 9.17) is 20.8 Å². The second kappa shape index (κ2) is 9.70. The molecule has 168 valence electrons. The molecular formula is C24H21ClN4O4. The van der Waals surface area contributed by atoms with E-state index in [1.807, 2.05) is 24.3 Å². The van der Waals surface area contributed by atoms with Crippen LogP contribution in [-0.2, 0) is 13.2 Å². The molecule has 0 N–H and O–H groups in total. The highest BCUT2D eigenvalue weighted by molar-refractivity contribution is 6.31. The van der Waals surface area contributed by atoms with E-state index in [0.717, 1.165) is 5.56 Å². The fourth-order valence-corrected chi connectivity index (χ4v) is 3.30. The van der Waals surface area contributed by atoms with Crippen molar-refractivity contribution in [1.82, 2.24) is 19.9 Å². The molecule has 0 saturated carbocycles. The molecule has 0 saturated heterocycles. The first-order valence-electron chi connectivity index (χ1n) is 10.1. The van der Waals surface area contributed by atoms with Crippen LogP contribution in [0, 0.1) is 0 Å². The third-order valence-corrected chi connectivity index (χ3v) is 5.13. The Bertz CT molecular complexity index is 1390. The lowest BCUT2D eigenvalue weighted by atomic mass is 10.1. The zero-order valence-corrected chi connectivity index (χ0v) is 18.8. The van der Waals surface area contributed by atoms with Crippen LogP contribution in [-0.4, -0.2) is 39.8 Å². The summed E-state index contributed by atoms with van der Waals surface area (Å²) in [4.78, 5) is 26.2. The molecule has 0 radical (unpaired) electrons. The molecule has 9 heteroatoms. The Morgan fingerprint density at radius 2 is 2.03 bits per heavy atom. The second-order valence-corrected chi connectivity index (χ2v) is 7.99. The van der Waals surface area contributed by atoms with Crippen molar-refractivity contribution in [1.29, 1.82) is 0 Å². The van der Waals surface area contributed by atoms with Gasteiger partial charge in [0.05, 0.1) is 12.7 Å². The van der Waals surface area contributed by atoms with E-state index >= 15 is 0 Å². The van der Waals surface area contributed by atoms with Gasteiger partial charge in [0.2, 0.25) is 0 Å². The lowest BCUT2D eigenvalue weighted by Crippen LogP contribution is -2.13. The Kier molecular flexibility index (Phi) is 6.55. The lowest BCUT2D eigenvalue weighted by Gasteiger charge is -2.06.